The summed E-state index contributed by atoms with van der Waals surface area (Å²) < 4.78 is 2.69. The van der Waals surface area contributed by atoms with Gasteiger partial charge in [0.15, 0.2) is 0 Å². The maximum absolute atomic E-state index is 12.3. The van der Waals surface area contributed by atoms with Crippen molar-refractivity contribution in [1.29, 1.82) is 0 Å². The van der Waals surface area contributed by atoms with E-state index in [-0.39, 0.29) is 11.9 Å². The first-order valence-electron chi connectivity index (χ1n) is 6.39. The Bertz CT molecular complexity index is 607. The van der Waals surface area contributed by atoms with Crippen LogP contribution in [0.2, 0.25) is 5.02 Å². The highest BCUT2D eigenvalue weighted by Gasteiger charge is 2.16. The zero-order valence-corrected chi connectivity index (χ0v) is 13.7. The van der Waals surface area contributed by atoms with Gasteiger partial charge in [0.1, 0.15) is 5.69 Å². The number of amides is 1. The molecule has 2 rings (SSSR count). The number of benzene rings is 1. The molecule has 1 heterocycles. The van der Waals surface area contributed by atoms with Gasteiger partial charge in [0, 0.05) is 22.7 Å². The predicted octanol–water partition coefficient (Wildman–Crippen LogP) is 4.32. The van der Waals surface area contributed by atoms with Crippen molar-refractivity contribution in [3.05, 3.63) is 57.3 Å². The van der Waals surface area contributed by atoms with E-state index in [1.54, 1.807) is 4.57 Å². The molecule has 0 spiro atoms. The van der Waals surface area contributed by atoms with Crippen molar-refractivity contribution < 1.29 is 4.79 Å². The quantitative estimate of drug-likeness (QED) is 0.870. The standard InChI is InChI=1S/C15H16BrClN2O/c1-3-13(10-4-6-12(17)7-5-10)18-15(20)14-8-11(16)9-19(14)2/h4-9,13H,3H2,1-2H3,(H,18,20). The molecule has 0 aliphatic carbocycles. The molecule has 2 aromatic rings. The van der Waals surface area contributed by atoms with Gasteiger partial charge in [0.2, 0.25) is 0 Å². The fraction of sp³-hybridized carbons (Fsp3) is 0.267. The third kappa shape index (κ3) is 3.44. The lowest BCUT2D eigenvalue weighted by atomic mass is 10.0. The highest BCUT2D eigenvalue weighted by Crippen LogP contribution is 2.20. The highest BCUT2D eigenvalue weighted by molar-refractivity contribution is 9.10. The summed E-state index contributed by atoms with van der Waals surface area (Å²) >= 11 is 9.26. The van der Waals surface area contributed by atoms with Gasteiger partial charge in [-0.1, -0.05) is 30.7 Å². The first-order chi connectivity index (χ1) is 9.51. The second-order valence-corrected chi connectivity index (χ2v) is 5.99. The van der Waals surface area contributed by atoms with Gasteiger partial charge in [0.25, 0.3) is 5.91 Å². The number of hydrogen-bond donors (Lipinski definition) is 1. The van der Waals surface area contributed by atoms with E-state index >= 15 is 0 Å². The number of halogens is 2. The van der Waals surface area contributed by atoms with E-state index in [9.17, 15) is 4.79 Å². The molecular formula is C15H16BrClN2O. The van der Waals surface area contributed by atoms with Crippen molar-refractivity contribution in [3.8, 4) is 0 Å². The molecule has 0 fully saturated rings. The van der Waals surface area contributed by atoms with Gasteiger partial charge in [-0.2, -0.15) is 0 Å². The molecule has 1 aromatic heterocycles. The van der Waals surface area contributed by atoms with Crippen LogP contribution in [0.15, 0.2) is 41.0 Å². The van der Waals surface area contributed by atoms with Gasteiger partial charge in [-0.15, -0.1) is 0 Å². The third-order valence-electron chi connectivity index (χ3n) is 3.19. The minimum atomic E-state index is -0.0833. The summed E-state index contributed by atoms with van der Waals surface area (Å²) in [4.78, 5) is 12.3. The van der Waals surface area contributed by atoms with Crippen LogP contribution < -0.4 is 5.32 Å². The Morgan fingerprint density at radius 2 is 2.05 bits per heavy atom. The number of nitrogens with zero attached hydrogens (tertiary/aromatic N) is 1. The molecule has 5 heteroatoms. The van der Waals surface area contributed by atoms with Crippen molar-refractivity contribution in [2.75, 3.05) is 0 Å². The Balaban J connectivity index is 2.16. The Morgan fingerprint density at radius 3 is 2.55 bits per heavy atom. The van der Waals surface area contributed by atoms with E-state index < -0.39 is 0 Å². The monoisotopic (exact) mass is 354 g/mol. The first-order valence-corrected chi connectivity index (χ1v) is 7.56. The molecule has 0 aliphatic heterocycles. The second kappa shape index (κ2) is 6.46. The van der Waals surface area contributed by atoms with E-state index in [1.807, 2.05) is 50.5 Å². The van der Waals surface area contributed by atoms with E-state index in [0.717, 1.165) is 16.5 Å². The van der Waals surface area contributed by atoms with Crippen LogP contribution in [0.1, 0.15) is 35.4 Å². The average Bonchev–Trinajstić information content (AvgIpc) is 2.76. The van der Waals surface area contributed by atoms with Gasteiger partial charge >= 0.3 is 0 Å². The number of rotatable bonds is 4. The molecule has 1 unspecified atom stereocenters. The van der Waals surface area contributed by atoms with Gasteiger partial charge in [0.05, 0.1) is 6.04 Å². The molecule has 3 nitrogen and oxygen atoms in total. The molecule has 20 heavy (non-hydrogen) atoms. The SMILES string of the molecule is CCC(NC(=O)c1cc(Br)cn1C)c1ccc(Cl)cc1. The maximum Gasteiger partial charge on any atom is 0.268 e. The summed E-state index contributed by atoms with van der Waals surface area (Å²) in [6.07, 6.45) is 2.68. The molecule has 0 saturated heterocycles. The first kappa shape index (κ1) is 15.1. The van der Waals surface area contributed by atoms with Gasteiger partial charge in [-0.05, 0) is 46.1 Å². The predicted molar refractivity (Wildman–Crippen MR) is 85.1 cm³/mol. The Kier molecular flexibility index (Phi) is 4.89. The van der Waals surface area contributed by atoms with Gasteiger partial charge in [-0.25, -0.2) is 0 Å². The van der Waals surface area contributed by atoms with Crippen molar-refractivity contribution in [3.63, 3.8) is 0 Å². The van der Waals surface area contributed by atoms with E-state index in [4.69, 9.17) is 11.6 Å². The number of carbonyl (C=O) groups is 1. The van der Waals surface area contributed by atoms with Crippen molar-refractivity contribution in [1.82, 2.24) is 9.88 Å². The third-order valence-corrected chi connectivity index (χ3v) is 3.88. The maximum atomic E-state index is 12.3. The van der Waals surface area contributed by atoms with Crippen LogP contribution in [0.25, 0.3) is 0 Å². The number of aryl methyl sites for hydroxylation is 1. The van der Waals surface area contributed by atoms with Crippen molar-refractivity contribution in [2.45, 2.75) is 19.4 Å². The number of aromatic nitrogens is 1. The summed E-state index contributed by atoms with van der Waals surface area (Å²) in [7, 11) is 1.85. The minimum Gasteiger partial charge on any atom is -0.345 e. The lowest BCUT2D eigenvalue weighted by Crippen LogP contribution is -2.29. The molecule has 1 atom stereocenters. The Labute approximate surface area is 132 Å². The highest BCUT2D eigenvalue weighted by atomic mass is 79.9. The van der Waals surface area contributed by atoms with Crippen LogP contribution >= 0.6 is 27.5 Å². The number of nitrogens with one attached hydrogen (secondary N) is 1. The van der Waals surface area contributed by atoms with Crippen LogP contribution in [0, 0.1) is 0 Å². The van der Waals surface area contributed by atoms with Crippen LogP contribution in [0.3, 0.4) is 0 Å². The van der Waals surface area contributed by atoms with Crippen LogP contribution in [0.4, 0.5) is 0 Å². The van der Waals surface area contributed by atoms with E-state index in [1.165, 1.54) is 0 Å². The summed E-state index contributed by atoms with van der Waals surface area (Å²) in [5.74, 6) is -0.0833. The zero-order chi connectivity index (χ0) is 14.7. The molecular weight excluding hydrogens is 340 g/mol. The summed E-state index contributed by atoms with van der Waals surface area (Å²) in [6, 6.07) is 9.35. The molecule has 0 saturated carbocycles. The summed E-state index contributed by atoms with van der Waals surface area (Å²) in [6.45, 7) is 2.04. The summed E-state index contributed by atoms with van der Waals surface area (Å²) in [5.41, 5.74) is 1.68. The molecule has 0 bridgehead atoms. The summed E-state index contributed by atoms with van der Waals surface area (Å²) in [5, 5.41) is 3.74. The molecule has 0 radical (unpaired) electrons. The van der Waals surface area contributed by atoms with E-state index in [0.29, 0.717) is 10.7 Å². The topological polar surface area (TPSA) is 34.0 Å². The average molecular weight is 356 g/mol. The second-order valence-electron chi connectivity index (χ2n) is 4.64. The molecule has 0 aliphatic rings. The normalized spacial score (nSPS) is 12.2. The number of carbonyl (C=O) groups excluding carboxylic acids is 1. The van der Waals surface area contributed by atoms with Crippen LogP contribution in [0.5, 0.6) is 0 Å². The lowest BCUT2D eigenvalue weighted by Gasteiger charge is -2.17. The minimum absolute atomic E-state index is 0.0200. The molecule has 1 aromatic carbocycles. The van der Waals surface area contributed by atoms with E-state index in [2.05, 4.69) is 21.2 Å². The lowest BCUT2D eigenvalue weighted by molar-refractivity contribution is 0.0927. The van der Waals surface area contributed by atoms with Crippen molar-refractivity contribution >= 4 is 33.4 Å². The molecule has 1 amide bonds. The smallest absolute Gasteiger partial charge is 0.268 e. The zero-order valence-electron chi connectivity index (χ0n) is 11.4. The Hall–Kier alpha value is -1.26. The largest absolute Gasteiger partial charge is 0.345 e. The molecule has 1 N–H and O–H groups in total. The number of hydrogen-bond acceptors (Lipinski definition) is 1. The van der Waals surface area contributed by atoms with Crippen LogP contribution in [-0.2, 0) is 7.05 Å². The molecule has 106 valence electrons. The fourth-order valence-electron chi connectivity index (χ4n) is 2.10. The fourth-order valence-corrected chi connectivity index (χ4v) is 2.75. The Morgan fingerprint density at radius 1 is 1.40 bits per heavy atom. The van der Waals surface area contributed by atoms with Crippen molar-refractivity contribution in [2.24, 2.45) is 7.05 Å². The van der Waals surface area contributed by atoms with Crippen LogP contribution in [-0.4, -0.2) is 10.5 Å². The van der Waals surface area contributed by atoms with Gasteiger partial charge < -0.3 is 9.88 Å². The van der Waals surface area contributed by atoms with Gasteiger partial charge in [-0.3, -0.25) is 4.79 Å².